The van der Waals surface area contributed by atoms with Crippen molar-refractivity contribution >= 4 is 5.71 Å². The van der Waals surface area contributed by atoms with Gasteiger partial charge < -0.3 is 15.1 Å². The second kappa shape index (κ2) is 6.12. The summed E-state index contributed by atoms with van der Waals surface area (Å²) < 4.78 is 5.41. The Labute approximate surface area is 95.2 Å². The minimum atomic E-state index is -0.448. The zero-order valence-electron chi connectivity index (χ0n) is 9.55. The average molecular weight is 223 g/mol. The smallest absolute Gasteiger partial charge is 0.120 e. The van der Waals surface area contributed by atoms with E-state index in [0.29, 0.717) is 17.9 Å². The number of hydrogen-bond acceptors (Lipinski definition) is 4. The van der Waals surface area contributed by atoms with Gasteiger partial charge >= 0.3 is 0 Å². The second-order valence-corrected chi connectivity index (χ2v) is 3.59. The molecule has 16 heavy (non-hydrogen) atoms. The van der Waals surface area contributed by atoms with E-state index < -0.39 is 6.10 Å². The zero-order valence-corrected chi connectivity index (χ0v) is 9.55. The van der Waals surface area contributed by atoms with Gasteiger partial charge in [-0.2, -0.15) is 0 Å². The predicted octanol–water partition coefficient (Wildman–Crippen LogP) is 2.03. The fourth-order valence-electron chi connectivity index (χ4n) is 1.18. The largest absolute Gasteiger partial charge is 0.491 e. The molecular weight excluding hydrogens is 206 g/mol. The van der Waals surface area contributed by atoms with Crippen LogP contribution in [-0.4, -0.2) is 28.7 Å². The number of benzene rings is 1. The molecule has 0 fully saturated rings. The van der Waals surface area contributed by atoms with E-state index in [4.69, 9.17) is 9.94 Å². The number of oxime groups is 1. The SMILES string of the molecule is CCC(O)COc1cccc(/C(C)=N/O)c1. The van der Waals surface area contributed by atoms with Crippen LogP contribution in [0.5, 0.6) is 5.75 Å². The van der Waals surface area contributed by atoms with Gasteiger partial charge in [-0.25, -0.2) is 0 Å². The molecule has 1 aromatic carbocycles. The average Bonchev–Trinajstić information content (AvgIpc) is 2.35. The molecule has 0 aliphatic carbocycles. The van der Waals surface area contributed by atoms with Gasteiger partial charge in [-0.15, -0.1) is 0 Å². The number of rotatable bonds is 5. The molecule has 0 saturated heterocycles. The van der Waals surface area contributed by atoms with Gasteiger partial charge in [0, 0.05) is 5.56 Å². The van der Waals surface area contributed by atoms with Crippen LogP contribution in [0.3, 0.4) is 0 Å². The van der Waals surface area contributed by atoms with Crippen LogP contribution in [0.1, 0.15) is 25.8 Å². The zero-order chi connectivity index (χ0) is 12.0. The fourth-order valence-corrected chi connectivity index (χ4v) is 1.18. The minimum absolute atomic E-state index is 0.273. The monoisotopic (exact) mass is 223 g/mol. The van der Waals surface area contributed by atoms with Crippen molar-refractivity contribution in [2.45, 2.75) is 26.4 Å². The molecule has 1 rings (SSSR count). The van der Waals surface area contributed by atoms with Gasteiger partial charge in [0.1, 0.15) is 12.4 Å². The number of aliphatic hydroxyl groups is 1. The summed E-state index contributed by atoms with van der Waals surface area (Å²) in [6.07, 6.45) is 0.216. The Bertz CT molecular complexity index is 363. The molecule has 0 aromatic heterocycles. The maximum absolute atomic E-state index is 9.36. The van der Waals surface area contributed by atoms with E-state index in [9.17, 15) is 5.11 Å². The molecule has 88 valence electrons. The third kappa shape index (κ3) is 3.55. The van der Waals surface area contributed by atoms with Crippen LogP contribution in [0.25, 0.3) is 0 Å². The first-order valence-corrected chi connectivity index (χ1v) is 5.27. The van der Waals surface area contributed by atoms with Crippen LogP contribution in [0.2, 0.25) is 0 Å². The van der Waals surface area contributed by atoms with Crippen molar-refractivity contribution in [1.82, 2.24) is 0 Å². The van der Waals surface area contributed by atoms with Crippen LogP contribution in [-0.2, 0) is 0 Å². The van der Waals surface area contributed by atoms with Gasteiger partial charge in [0.25, 0.3) is 0 Å². The fraction of sp³-hybridized carbons (Fsp3) is 0.417. The Hall–Kier alpha value is -1.55. The summed E-state index contributed by atoms with van der Waals surface area (Å²) in [5.41, 5.74) is 1.33. The molecule has 0 spiro atoms. The van der Waals surface area contributed by atoms with Gasteiger partial charge in [-0.05, 0) is 25.5 Å². The summed E-state index contributed by atoms with van der Waals surface area (Å²) in [6, 6.07) is 7.23. The first kappa shape index (κ1) is 12.5. The maximum atomic E-state index is 9.36. The van der Waals surface area contributed by atoms with E-state index in [1.807, 2.05) is 19.1 Å². The lowest BCUT2D eigenvalue weighted by Gasteiger charge is -2.10. The molecule has 0 amide bonds. The number of aliphatic hydroxyl groups excluding tert-OH is 1. The predicted molar refractivity (Wildman–Crippen MR) is 62.2 cm³/mol. The molecule has 0 radical (unpaired) electrons. The highest BCUT2D eigenvalue weighted by molar-refractivity contribution is 5.98. The standard InChI is InChI=1S/C12H17NO3/c1-3-11(14)8-16-12-6-4-5-10(7-12)9(2)13-15/h4-7,11,14-15H,3,8H2,1-2H3/b13-9+. The van der Waals surface area contributed by atoms with Crippen molar-refractivity contribution in [3.63, 3.8) is 0 Å². The van der Waals surface area contributed by atoms with Crippen LogP contribution in [0.4, 0.5) is 0 Å². The Kier molecular flexibility index (Phi) is 4.79. The van der Waals surface area contributed by atoms with Crippen molar-refractivity contribution in [2.75, 3.05) is 6.61 Å². The Morgan fingerprint density at radius 2 is 2.25 bits per heavy atom. The molecule has 1 atom stereocenters. The van der Waals surface area contributed by atoms with Gasteiger partial charge in [-0.1, -0.05) is 24.2 Å². The molecule has 1 unspecified atom stereocenters. The van der Waals surface area contributed by atoms with E-state index >= 15 is 0 Å². The lowest BCUT2D eigenvalue weighted by atomic mass is 10.1. The van der Waals surface area contributed by atoms with Crippen LogP contribution in [0.15, 0.2) is 29.4 Å². The van der Waals surface area contributed by atoms with Gasteiger partial charge in [0.15, 0.2) is 0 Å². The van der Waals surface area contributed by atoms with Gasteiger partial charge in [0.2, 0.25) is 0 Å². The molecule has 1 aromatic rings. The molecule has 2 N–H and O–H groups in total. The second-order valence-electron chi connectivity index (χ2n) is 3.59. The van der Waals surface area contributed by atoms with Crippen molar-refractivity contribution in [2.24, 2.45) is 5.16 Å². The molecule has 0 aliphatic rings. The van der Waals surface area contributed by atoms with Crippen molar-refractivity contribution in [3.8, 4) is 5.75 Å². The quantitative estimate of drug-likeness (QED) is 0.456. The highest BCUT2D eigenvalue weighted by atomic mass is 16.5. The van der Waals surface area contributed by atoms with Crippen molar-refractivity contribution in [3.05, 3.63) is 29.8 Å². The van der Waals surface area contributed by atoms with E-state index in [1.54, 1.807) is 19.1 Å². The summed E-state index contributed by atoms with van der Waals surface area (Å²) in [5, 5.41) is 21.1. The highest BCUT2D eigenvalue weighted by Crippen LogP contribution is 2.14. The summed E-state index contributed by atoms with van der Waals surface area (Å²) in [6.45, 7) is 3.88. The third-order valence-corrected chi connectivity index (χ3v) is 2.32. The molecule has 4 heteroatoms. The summed E-state index contributed by atoms with van der Waals surface area (Å²) >= 11 is 0. The minimum Gasteiger partial charge on any atom is -0.491 e. The summed E-state index contributed by atoms with van der Waals surface area (Å²) in [4.78, 5) is 0. The maximum Gasteiger partial charge on any atom is 0.120 e. The van der Waals surface area contributed by atoms with Gasteiger partial charge in [-0.3, -0.25) is 0 Å². The van der Waals surface area contributed by atoms with E-state index in [-0.39, 0.29) is 6.61 Å². The molecule has 0 heterocycles. The topological polar surface area (TPSA) is 62.0 Å². The molecule has 0 bridgehead atoms. The van der Waals surface area contributed by atoms with E-state index in [0.717, 1.165) is 5.56 Å². The highest BCUT2D eigenvalue weighted by Gasteiger charge is 2.03. The number of hydrogen-bond donors (Lipinski definition) is 2. The molecule has 0 aliphatic heterocycles. The van der Waals surface area contributed by atoms with E-state index in [1.165, 1.54) is 0 Å². The first-order valence-electron chi connectivity index (χ1n) is 5.27. The Morgan fingerprint density at radius 1 is 1.50 bits per heavy atom. The van der Waals surface area contributed by atoms with Crippen LogP contribution >= 0.6 is 0 Å². The first-order chi connectivity index (χ1) is 7.67. The lowest BCUT2D eigenvalue weighted by Crippen LogP contribution is -2.16. The van der Waals surface area contributed by atoms with Crippen molar-refractivity contribution in [1.29, 1.82) is 0 Å². The molecule has 0 saturated carbocycles. The normalized spacial score (nSPS) is 13.6. The summed E-state index contributed by atoms with van der Waals surface area (Å²) in [5.74, 6) is 0.660. The van der Waals surface area contributed by atoms with Crippen LogP contribution < -0.4 is 4.74 Å². The molecule has 4 nitrogen and oxygen atoms in total. The Balaban J connectivity index is 2.68. The van der Waals surface area contributed by atoms with Crippen LogP contribution in [0, 0.1) is 0 Å². The van der Waals surface area contributed by atoms with E-state index in [2.05, 4.69) is 5.16 Å². The number of ether oxygens (including phenoxy) is 1. The van der Waals surface area contributed by atoms with Gasteiger partial charge in [0.05, 0.1) is 11.8 Å². The molecular formula is C12H17NO3. The van der Waals surface area contributed by atoms with Crippen molar-refractivity contribution < 1.29 is 15.1 Å². The number of nitrogens with zero attached hydrogens (tertiary/aromatic N) is 1. The Morgan fingerprint density at radius 3 is 2.88 bits per heavy atom. The summed E-state index contributed by atoms with van der Waals surface area (Å²) in [7, 11) is 0. The lowest BCUT2D eigenvalue weighted by molar-refractivity contribution is 0.104. The third-order valence-electron chi connectivity index (χ3n) is 2.32.